The molecule has 0 aliphatic carbocycles. The molecule has 1 aromatic carbocycles. The minimum atomic E-state index is 0.345. The van der Waals surface area contributed by atoms with Gasteiger partial charge in [0.25, 0.3) is 0 Å². The Kier molecular flexibility index (Phi) is 3.15. The summed E-state index contributed by atoms with van der Waals surface area (Å²) in [6, 6.07) is 7.70. The fourth-order valence-corrected chi connectivity index (χ4v) is 2.38. The van der Waals surface area contributed by atoms with Gasteiger partial charge in [-0.2, -0.15) is 0 Å². The van der Waals surface area contributed by atoms with Crippen molar-refractivity contribution >= 4 is 17.0 Å². The van der Waals surface area contributed by atoms with Crippen molar-refractivity contribution in [1.82, 2.24) is 0 Å². The summed E-state index contributed by atoms with van der Waals surface area (Å²) >= 11 is 1.76. The quantitative estimate of drug-likeness (QED) is 0.793. The van der Waals surface area contributed by atoms with Crippen molar-refractivity contribution in [1.29, 1.82) is 0 Å². The van der Waals surface area contributed by atoms with E-state index in [1.807, 2.05) is 19.1 Å². The van der Waals surface area contributed by atoms with Crippen LogP contribution in [0, 0.1) is 13.8 Å². The molecule has 1 heterocycles. The standard InChI is InChI=1S/C13H15NOS/c1-9-5-6-16-13(9)8-14-11-3-4-12(15)10(2)7-11/h3-7,14-15H,8H2,1-2H3. The topological polar surface area (TPSA) is 32.3 Å². The molecule has 0 aliphatic heterocycles. The van der Waals surface area contributed by atoms with Gasteiger partial charge in [-0.1, -0.05) is 0 Å². The van der Waals surface area contributed by atoms with Gasteiger partial charge in [0.1, 0.15) is 5.75 Å². The van der Waals surface area contributed by atoms with E-state index in [1.54, 1.807) is 17.4 Å². The summed E-state index contributed by atoms with van der Waals surface area (Å²) in [5, 5.41) is 14.9. The summed E-state index contributed by atoms with van der Waals surface area (Å²) in [6.07, 6.45) is 0. The SMILES string of the molecule is Cc1cc(NCc2sccc2C)ccc1O. The number of thiophene rings is 1. The molecule has 0 radical (unpaired) electrons. The molecule has 0 amide bonds. The third kappa shape index (κ3) is 2.36. The van der Waals surface area contributed by atoms with Crippen molar-refractivity contribution in [3.63, 3.8) is 0 Å². The molecule has 2 N–H and O–H groups in total. The van der Waals surface area contributed by atoms with Gasteiger partial charge < -0.3 is 10.4 Å². The second-order valence-corrected chi connectivity index (χ2v) is 4.88. The van der Waals surface area contributed by atoms with Crippen LogP contribution in [-0.2, 0) is 6.54 Å². The van der Waals surface area contributed by atoms with E-state index in [1.165, 1.54) is 10.4 Å². The van der Waals surface area contributed by atoms with E-state index < -0.39 is 0 Å². The van der Waals surface area contributed by atoms with Crippen LogP contribution in [-0.4, -0.2) is 5.11 Å². The molecular formula is C13H15NOS. The molecular weight excluding hydrogens is 218 g/mol. The first-order valence-electron chi connectivity index (χ1n) is 5.23. The molecule has 16 heavy (non-hydrogen) atoms. The normalized spacial score (nSPS) is 10.4. The van der Waals surface area contributed by atoms with Gasteiger partial charge in [-0.3, -0.25) is 0 Å². The number of aromatic hydroxyl groups is 1. The average molecular weight is 233 g/mol. The van der Waals surface area contributed by atoms with Crippen LogP contribution in [0.25, 0.3) is 0 Å². The molecule has 1 aromatic heterocycles. The molecule has 0 aliphatic rings. The smallest absolute Gasteiger partial charge is 0.118 e. The van der Waals surface area contributed by atoms with Gasteiger partial charge in [0.15, 0.2) is 0 Å². The van der Waals surface area contributed by atoms with Crippen LogP contribution in [0.1, 0.15) is 16.0 Å². The summed E-state index contributed by atoms with van der Waals surface area (Å²) in [4.78, 5) is 1.35. The minimum absolute atomic E-state index is 0.345. The van der Waals surface area contributed by atoms with E-state index in [-0.39, 0.29) is 0 Å². The summed E-state index contributed by atoms with van der Waals surface area (Å²) in [5.74, 6) is 0.345. The Bertz CT molecular complexity index is 490. The maximum atomic E-state index is 9.41. The van der Waals surface area contributed by atoms with Gasteiger partial charge in [-0.15, -0.1) is 11.3 Å². The molecule has 0 atom stereocenters. The maximum absolute atomic E-state index is 9.41. The van der Waals surface area contributed by atoms with Crippen molar-refractivity contribution in [2.24, 2.45) is 0 Å². The van der Waals surface area contributed by atoms with Gasteiger partial charge in [0.2, 0.25) is 0 Å². The molecule has 0 spiro atoms. The molecule has 2 aromatic rings. The average Bonchev–Trinajstić information content (AvgIpc) is 2.66. The van der Waals surface area contributed by atoms with Crippen LogP contribution in [0.2, 0.25) is 0 Å². The molecule has 0 bridgehead atoms. The highest BCUT2D eigenvalue weighted by atomic mass is 32.1. The van der Waals surface area contributed by atoms with Crippen LogP contribution < -0.4 is 5.32 Å². The zero-order valence-electron chi connectivity index (χ0n) is 9.45. The number of nitrogens with one attached hydrogen (secondary N) is 1. The largest absolute Gasteiger partial charge is 0.508 e. The summed E-state index contributed by atoms with van der Waals surface area (Å²) < 4.78 is 0. The lowest BCUT2D eigenvalue weighted by Gasteiger charge is -2.07. The molecule has 0 unspecified atom stereocenters. The minimum Gasteiger partial charge on any atom is -0.508 e. The molecule has 2 nitrogen and oxygen atoms in total. The monoisotopic (exact) mass is 233 g/mol. The van der Waals surface area contributed by atoms with Gasteiger partial charge in [-0.05, 0) is 54.6 Å². The molecule has 84 valence electrons. The number of hydrogen-bond acceptors (Lipinski definition) is 3. The van der Waals surface area contributed by atoms with E-state index in [9.17, 15) is 5.11 Å². The highest BCUT2D eigenvalue weighted by Crippen LogP contribution is 2.22. The van der Waals surface area contributed by atoms with Gasteiger partial charge in [0, 0.05) is 17.1 Å². The van der Waals surface area contributed by atoms with Gasteiger partial charge >= 0.3 is 0 Å². The fraction of sp³-hybridized carbons (Fsp3) is 0.231. The van der Waals surface area contributed by atoms with Gasteiger partial charge in [0.05, 0.1) is 0 Å². The highest BCUT2D eigenvalue weighted by Gasteiger charge is 2.01. The number of phenols is 1. The number of benzene rings is 1. The first-order chi connectivity index (χ1) is 7.66. The first kappa shape index (κ1) is 11.0. The lowest BCUT2D eigenvalue weighted by Crippen LogP contribution is -1.98. The summed E-state index contributed by atoms with van der Waals surface area (Å²) in [5.41, 5.74) is 3.27. The molecule has 0 saturated heterocycles. The second-order valence-electron chi connectivity index (χ2n) is 3.88. The van der Waals surface area contributed by atoms with Crippen LogP contribution in [0.5, 0.6) is 5.75 Å². The zero-order chi connectivity index (χ0) is 11.5. The van der Waals surface area contributed by atoms with Crippen molar-refractivity contribution in [2.75, 3.05) is 5.32 Å². The molecule has 0 fully saturated rings. The fourth-order valence-electron chi connectivity index (χ4n) is 1.53. The molecule has 2 rings (SSSR count). The Hall–Kier alpha value is -1.48. The zero-order valence-corrected chi connectivity index (χ0v) is 10.3. The molecule has 0 saturated carbocycles. The van der Waals surface area contributed by atoms with E-state index in [4.69, 9.17) is 0 Å². The first-order valence-corrected chi connectivity index (χ1v) is 6.11. The van der Waals surface area contributed by atoms with Crippen molar-refractivity contribution < 1.29 is 5.11 Å². The summed E-state index contributed by atoms with van der Waals surface area (Å²) in [6.45, 7) is 4.86. The second kappa shape index (κ2) is 4.58. The number of phenolic OH excluding ortho intramolecular Hbond substituents is 1. The van der Waals surface area contributed by atoms with E-state index >= 15 is 0 Å². The number of rotatable bonds is 3. The summed E-state index contributed by atoms with van der Waals surface area (Å²) in [7, 11) is 0. The van der Waals surface area contributed by atoms with Crippen molar-refractivity contribution in [3.8, 4) is 5.75 Å². The lowest BCUT2D eigenvalue weighted by atomic mass is 10.2. The predicted molar refractivity (Wildman–Crippen MR) is 69.2 cm³/mol. The third-order valence-corrected chi connectivity index (χ3v) is 3.64. The Morgan fingerprint density at radius 1 is 1.19 bits per heavy atom. The van der Waals surface area contributed by atoms with E-state index in [0.717, 1.165) is 17.8 Å². The van der Waals surface area contributed by atoms with E-state index in [2.05, 4.69) is 23.7 Å². The Morgan fingerprint density at radius 2 is 2.00 bits per heavy atom. The van der Waals surface area contributed by atoms with Crippen molar-refractivity contribution in [3.05, 3.63) is 45.6 Å². The lowest BCUT2D eigenvalue weighted by molar-refractivity contribution is 0.471. The van der Waals surface area contributed by atoms with Crippen LogP contribution in [0.15, 0.2) is 29.6 Å². The van der Waals surface area contributed by atoms with Crippen LogP contribution >= 0.6 is 11.3 Å². The Labute approximate surface area is 99.6 Å². The Balaban J connectivity index is 2.05. The number of hydrogen-bond donors (Lipinski definition) is 2. The maximum Gasteiger partial charge on any atom is 0.118 e. The Morgan fingerprint density at radius 3 is 2.62 bits per heavy atom. The van der Waals surface area contributed by atoms with E-state index in [0.29, 0.717) is 5.75 Å². The molecule has 3 heteroatoms. The number of aryl methyl sites for hydroxylation is 2. The highest BCUT2D eigenvalue weighted by molar-refractivity contribution is 7.10. The number of anilines is 1. The van der Waals surface area contributed by atoms with Crippen LogP contribution in [0.4, 0.5) is 5.69 Å². The van der Waals surface area contributed by atoms with Crippen molar-refractivity contribution in [2.45, 2.75) is 20.4 Å². The third-order valence-electron chi connectivity index (χ3n) is 2.62. The predicted octanol–water partition coefficient (Wildman–Crippen LogP) is 3.68. The van der Waals surface area contributed by atoms with Gasteiger partial charge in [-0.25, -0.2) is 0 Å². The van der Waals surface area contributed by atoms with Crippen LogP contribution in [0.3, 0.4) is 0 Å².